The van der Waals surface area contributed by atoms with E-state index in [1.54, 1.807) is 0 Å². The number of fused-ring (bicyclic) bond motifs is 3. The number of ether oxygens (including phenoxy) is 1. The van der Waals surface area contributed by atoms with E-state index in [0.717, 1.165) is 16.7 Å². The molecule has 1 heterocycles. The molecule has 3 aromatic carbocycles. The predicted molar refractivity (Wildman–Crippen MR) is 127 cm³/mol. The van der Waals surface area contributed by atoms with Crippen LogP contribution in [0.4, 0.5) is 5.69 Å². The van der Waals surface area contributed by atoms with Gasteiger partial charge >= 0.3 is 0 Å². The first-order chi connectivity index (χ1) is 15.9. The topological polar surface area (TPSA) is 89.8 Å². The van der Waals surface area contributed by atoms with E-state index >= 15 is 0 Å². The molecule has 1 aliphatic heterocycles. The van der Waals surface area contributed by atoms with Gasteiger partial charge in [-0.05, 0) is 28.8 Å². The minimum atomic E-state index is -3.96. The lowest BCUT2D eigenvalue weighted by molar-refractivity contribution is -0.384. The Hall–Kier alpha value is -2.59. The summed E-state index contributed by atoms with van der Waals surface area (Å²) in [5, 5.41) is 11.0. The van der Waals surface area contributed by atoms with Gasteiger partial charge in [-0.15, -0.1) is 0 Å². The summed E-state index contributed by atoms with van der Waals surface area (Å²) in [6.07, 6.45) is -0.0797. The van der Waals surface area contributed by atoms with Crippen LogP contribution in [0.25, 0.3) is 0 Å². The van der Waals surface area contributed by atoms with E-state index < -0.39 is 21.0 Å². The van der Waals surface area contributed by atoms with Crippen molar-refractivity contribution in [2.45, 2.75) is 34.4 Å². The number of rotatable bonds is 4. The Morgan fingerprint density at radius 1 is 0.970 bits per heavy atom. The molecule has 4 atom stereocenters. The van der Waals surface area contributed by atoms with Crippen molar-refractivity contribution in [3.8, 4) is 0 Å². The first-order valence-electron chi connectivity index (χ1n) is 10.5. The standard InChI is InChI=1S/C24H21BrN2O5S/c25-21-15-26(33(30,31)19-12-10-18(11-13-19)27(28)29)23-20-9-5-4-8-17(20)14-22(23)32-24(21)16-6-2-1-3-7-16/h1-13,21-24H,14-15H2/t21-,22+,23-,24+/m0/s1. The van der Waals surface area contributed by atoms with E-state index in [1.807, 2.05) is 54.6 Å². The molecule has 0 radical (unpaired) electrons. The molecule has 0 N–H and O–H groups in total. The summed E-state index contributed by atoms with van der Waals surface area (Å²) in [6.45, 7) is 0.189. The first-order valence-corrected chi connectivity index (χ1v) is 12.9. The maximum absolute atomic E-state index is 13.8. The summed E-state index contributed by atoms with van der Waals surface area (Å²) in [5.74, 6) is 0. The van der Waals surface area contributed by atoms with Gasteiger partial charge in [-0.3, -0.25) is 10.1 Å². The van der Waals surface area contributed by atoms with Gasteiger partial charge in [-0.2, -0.15) is 4.31 Å². The number of halogens is 1. The SMILES string of the molecule is O=[N+]([O-])c1ccc(S(=O)(=O)N2C[C@H](Br)[C@@H](c3ccccc3)O[C@@H]3Cc4ccccc4[C@@H]32)cc1. The van der Waals surface area contributed by atoms with Crippen LogP contribution in [-0.4, -0.2) is 35.1 Å². The smallest absolute Gasteiger partial charge is 0.269 e. The number of benzene rings is 3. The van der Waals surface area contributed by atoms with Gasteiger partial charge in [0.05, 0.1) is 32.9 Å². The Bertz CT molecular complexity index is 1280. The summed E-state index contributed by atoms with van der Waals surface area (Å²) < 4.78 is 35.8. The molecule has 5 rings (SSSR count). The Kier molecular flexibility index (Phi) is 5.82. The maximum Gasteiger partial charge on any atom is 0.269 e. The fraction of sp³-hybridized carbons (Fsp3) is 0.250. The zero-order valence-electron chi connectivity index (χ0n) is 17.5. The summed E-state index contributed by atoms with van der Waals surface area (Å²) >= 11 is 3.71. The number of hydrogen-bond acceptors (Lipinski definition) is 5. The third kappa shape index (κ3) is 3.99. The predicted octanol–water partition coefficient (Wildman–Crippen LogP) is 4.79. The largest absolute Gasteiger partial charge is 0.367 e. The monoisotopic (exact) mass is 528 g/mol. The number of alkyl halides is 1. The molecule has 7 nitrogen and oxygen atoms in total. The number of nitrogens with zero attached hydrogens (tertiary/aromatic N) is 2. The van der Waals surface area contributed by atoms with Crippen molar-refractivity contribution in [1.82, 2.24) is 4.31 Å². The molecule has 0 aromatic heterocycles. The molecular formula is C24H21BrN2O5S. The molecule has 170 valence electrons. The molecule has 3 aromatic rings. The van der Waals surface area contributed by atoms with Crippen LogP contribution in [-0.2, 0) is 21.2 Å². The van der Waals surface area contributed by atoms with E-state index in [-0.39, 0.29) is 34.2 Å². The highest BCUT2D eigenvalue weighted by molar-refractivity contribution is 9.09. The molecule has 1 saturated heterocycles. The summed E-state index contributed by atoms with van der Waals surface area (Å²) in [4.78, 5) is 10.2. The number of hydrogen-bond donors (Lipinski definition) is 0. The molecular weight excluding hydrogens is 508 g/mol. The van der Waals surface area contributed by atoms with Gasteiger partial charge < -0.3 is 4.74 Å². The summed E-state index contributed by atoms with van der Waals surface area (Å²) in [6, 6.07) is 22.1. The molecule has 9 heteroatoms. The van der Waals surface area contributed by atoms with E-state index in [2.05, 4.69) is 15.9 Å². The van der Waals surface area contributed by atoms with E-state index in [9.17, 15) is 18.5 Å². The molecule has 1 aliphatic carbocycles. The van der Waals surface area contributed by atoms with Crippen LogP contribution < -0.4 is 0 Å². The highest BCUT2D eigenvalue weighted by atomic mass is 79.9. The molecule has 33 heavy (non-hydrogen) atoms. The van der Waals surface area contributed by atoms with Gasteiger partial charge in [-0.25, -0.2) is 8.42 Å². The number of non-ortho nitro benzene ring substituents is 1. The minimum absolute atomic E-state index is 0.0223. The highest BCUT2D eigenvalue weighted by Crippen LogP contribution is 2.46. The molecule has 0 unspecified atom stereocenters. The average molecular weight is 529 g/mol. The van der Waals surface area contributed by atoms with E-state index in [1.165, 1.54) is 28.6 Å². The second-order valence-corrected chi connectivity index (χ2v) is 11.3. The van der Waals surface area contributed by atoms with Gasteiger partial charge in [0.2, 0.25) is 10.0 Å². The quantitative estimate of drug-likeness (QED) is 0.276. The second kappa shape index (κ2) is 8.64. The van der Waals surface area contributed by atoms with Crippen LogP contribution in [0.1, 0.15) is 28.8 Å². The lowest BCUT2D eigenvalue weighted by atomic mass is 10.1. The van der Waals surface area contributed by atoms with E-state index in [4.69, 9.17) is 4.74 Å². The number of nitro groups is 1. The Morgan fingerprint density at radius 3 is 2.33 bits per heavy atom. The van der Waals surface area contributed by atoms with Crippen LogP contribution in [0.15, 0.2) is 83.8 Å². The third-order valence-electron chi connectivity index (χ3n) is 6.24. The zero-order valence-corrected chi connectivity index (χ0v) is 19.9. The molecule has 1 fully saturated rings. The number of sulfonamides is 1. The molecule has 0 spiro atoms. The summed E-state index contributed by atoms with van der Waals surface area (Å²) in [7, 11) is -3.96. The van der Waals surface area contributed by atoms with Crippen molar-refractivity contribution < 1.29 is 18.1 Å². The van der Waals surface area contributed by atoms with E-state index in [0.29, 0.717) is 6.42 Å². The lowest BCUT2D eigenvalue weighted by Gasteiger charge is -2.30. The Labute approximate surface area is 200 Å². The highest BCUT2D eigenvalue weighted by Gasteiger charge is 2.48. The lowest BCUT2D eigenvalue weighted by Crippen LogP contribution is -2.40. The fourth-order valence-corrected chi connectivity index (χ4v) is 7.30. The van der Waals surface area contributed by atoms with Crippen LogP contribution in [0.5, 0.6) is 0 Å². The Balaban J connectivity index is 1.59. The van der Waals surface area contributed by atoms with Gasteiger partial charge in [0.15, 0.2) is 0 Å². The zero-order chi connectivity index (χ0) is 23.2. The maximum atomic E-state index is 13.8. The van der Waals surface area contributed by atoms with Gasteiger partial charge in [0, 0.05) is 25.1 Å². The molecule has 0 saturated carbocycles. The van der Waals surface area contributed by atoms with Gasteiger partial charge in [0.25, 0.3) is 5.69 Å². The van der Waals surface area contributed by atoms with Crippen molar-refractivity contribution in [3.63, 3.8) is 0 Å². The van der Waals surface area contributed by atoms with Crippen molar-refractivity contribution in [2.24, 2.45) is 0 Å². The normalized spacial score (nSPS) is 25.1. The van der Waals surface area contributed by atoms with Crippen LogP contribution in [0.3, 0.4) is 0 Å². The van der Waals surface area contributed by atoms with Crippen LogP contribution in [0.2, 0.25) is 0 Å². The van der Waals surface area contributed by atoms with Crippen LogP contribution >= 0.6 is 15.9 Å². The second-order valence-electron chi connectivity index (χ2n) is 8.20. The minimum Gasteiger partial charge on any atom is -0.367 e. The van der Waals surface area contributed by atoms with Gasteiger partial charge in [0.1, 0.15) is 0 Å². The number of nitro benzene ring substituents is 1. The van der Waals surface area contributed by atoms with Crippen molar-refractivity contribution in [3.05, 3.63) is 106 Å². The summed E-state index contributed by atoms with van der Waals surface area (Å²) in [5.41, 5.74) is 2.82. The van der Waals surface area contributed by atoms with Crippen molar-refractivity contribution >= 4 is 31.6 Å². The van der Waals surface area contributed by atoms with Crippen molar-refractivity contribution in [1.29, 1.82) is 0 Å². The third-order valence-corrected chi connectivity index (χ3v) is 8.88. The fourth-order valence-electron chi connectivity index (χ4n) is 4.71. The molecule has 2 aliphatic rings. The molecule has 0 bridgehead atoms. The van der Waals surface area contributed by atoms with Crippen molar-refractivity contribution in [2.75, 3.05) is 6.54 Å². The van der Waals surface area contributed by atoms with Crippen LogP contribution in [0, 0.1) is 10.1 Å². The first kappa shape index (κ1) is 22.2. The average Bonchev–Trinajstić information content (AvgIpc) is 3.11. The molecule has 0 amide bonds. The Morgan fingerprint density at radius 2 is 1.64 bits per heavy atom. The van der Waals surface area contributed by atoms with Gasteiger partial charge in [-0.1, -0.05) is 70.5 Å².